The van der Waals surface area contributed by atoms with E-state index in [9.17, 15) is 14.9 Å². The van der Waals surface area contributed by atoms with Crippen LogP contribution in [0.4, 0.5) is 10.8 Å². The number of nitrogens with zero attached hydrogens (tertiary/aromatic N) is 4. The van der Waals surface area contributed by atoms with Crippen molar-refractivity contribution in [1.82, 2.24) is 9.97 Å². The van der Waals surface area contributed by atoms with Gasteiger partial charge in [0.25, 0.3) is 11.6 Å². The minimum absolute atomic E-state index is 0.0778. The standard InChI is InChI=1S/C22H16N4O5S/c27-21(15-3-5-16(6-4-15)26(28)29)25(13-14-2-1-7-23-12-14)22-24-17-10-18-19(11-20(17)32-22)31-9-8-30-18/h1-7,10-12H,8-9,13H2. The summed E-state index contributed by atoms with van der Waals surface area (Å²) in [4.78, 5) is 34.2. The molecule has 0 unspecified atom stereocenters. The van der Waals surface area contributed by atoms with Crippen molar-refractivity contribution in [3.05, 3.63) is 82.2 Å². The number of benzene rings is 2. The molecule has 0 atom stereocenters. The molecule has 32 heavy (non-hydrogen) atoms. The molecule has 0 radical (unpaired) electrons. The van der Waals surface area contributed by atoms with Crippen LogP contribution in [0.25, 0.3) is 10.2 Å². The minimum atomic E-state index is -0.499. The van der Waals surface area contributed by atoms with Crippen molar-refractivity contribution in [2.45, 2.75) is 6.54 Å². The van der Waals surface area contributed by atoms with E-state index in [4.69, 9.17) is 9.47 Å². The fourth-order valence-electron chi connectivity index (χ4n) is 3.35. The Morgan fingerprint density at radius 1 is 1.12 bits per heavy atom. The van der Waals surface area contributed by atoms with Crippen molar-refractivity contribution in [1.29, 1.82) is 0 Å². The highest BCUT2D eigenvalue weighted by Gasteiger charge is 2.24. The second kappa shape index (κ2) is 8.23. The van der Waals surface area contributed by atoms with Gasteiger partial charge in [-0.15, -0.1) is 0 Å². The van der Waals surface area contributed by atoms with Gasteiger partial charge in [0.05, 0.1) is 21.7 Å². The minimum Gasteiger partial charge on any atom is -0.486 e. The molecule has 0 bridgehead atoms. The van der Waals surface area contributed by atoms with Gasteiger partial charge in [-0.1, -0.05) is 17.4 Å². The van der Waals surface area contributed by atoms with Gasteiger partial charge in [-0.05, 0) is 23.8 Å². The second-order valence-corrected chi connectivity index (χ2v) is 8.03. The van der Waals surface area contributed by atoms with Crippen LogP contribution in [-0.2, 0) is 6.54 Å². The number of hydrogen-bond donors (Lipinski definition) is 0. The van der Waals surface area contributed by atoms with Gasteiger partial charge in [-0.3, -0.25) is 24.8 Å². The molecule has 3 heterocycles. The molecule has 1 aliphatic heterocycles. The van der Waals surface area contributed by atoms with Crippen LogP contribution in [0, 0.1) is 10.1 Å². The molecule has 1 aliphatic rings. The first-order valence-corrected chi connectivity index (χ1v) is 10.6. The summed E-state index contributed by atoms with van der Waals surface area (Å²) < 4.78 is 12.2. The lowest BCUT2D eigenvalue weighted by Gasteiger charge is -2.20. The van der Waals surface area contributed by atoms with Gasteiger partial charge in [0, 0.05) is 42.2 Å². The number of ether oxygens (including phenoxy) is 2. The van der Waals surface area contributed by atoms with E-state index in [1.54, 1.807) is 23.4 Å². The number of fused-ring (bicyclic) bond motifs is 2. The number of nitro benzene ring substituents is 1. The Bertz CT molecular complexity index is 1260. The molecule has 2 aromatic heterocycles. The normalized spacial score (nSPS) is 12.5. The van der Waals surface area contributed by atoms with Crippen molar-refractivity contribution in [3.8, 4) is 11.5 Å². The lowest BCUT2D eigenvalue weighted by atomic mass is 10.1. The topological polar surface area (TPSA) is 108 Å². The van der Waals surface area contributed by atoms with Gasteiger partial charge in [-0.25, -0.2) is 4.98 Å². The number of hydrogen-bond acceptors (Lipinski definition) is 8. The fourth-order valence-corrected chi connectivity index (χ4v) is 4.32. The summed E-state index contributed by atoms with van der Waals surface area (Å²) in [6.45, 7) is 1.20. The number of carbonyl (C=O) groups is 1. The summed E-state index contributed by atoms with van der Waals surface area (Å²) in [5.74, 6) is 0.959. The predicted octanol–water partition coefficient (Wildman–Crippen LogP) is 4.22. The monoisotopic (exact) mass is 448 g/mol. The zero-order valence-corrected chi connectivity index (χ0v) is 17.4. The molecule has 0 saturated heterocycles. The Morgan fingerprint density at radius 2 is 1.88 bits per heavy atom. The quantitative estimate of drug-likeness (QED) is 0.332. The van der Waals surface area contributed by atoms with Crippen LogP contribution in [0.2, 0.25) is 0 Å². The van der Waals surface area contributed by atoms with Crippen LogP contribution in [0.1, 0.15) is 15.9 Å². The Morgan fingerprint density at radius 3 is 2.56 bits per heavy atom. The van der Waals surface area contributed by atoms with E-state index in [0.29, 0.717) is 40.9 Å². The fraction of sp³-hybridized carbons (Fsp3) is 0.136. The van der Waals surface area contributed by atoms with Crippen LogP contribution in [0.3, 0.4) is 0 Å². The number of aromatic nitrogens is 2. The van der Waals surface area contributed by atoms with Crippen molar-refractivity contribution < 1.29 is 19.2 Å². The molecule has 0 N–H and O–H groups in total. The van der Waals surface area contributed by atoms with E-state index in [2.05, 4.69) is 9.97 Å². The summed E-state index contributed by atoms with van der Waals surface area (Å²) in [5.41, 5.74) is 1.77. The summed E-state index contributed by atoms with van der Waals surface area (Å²) in [6, 6.07) is 12.9. The Kier molecular flexibility index (Phi) is 5.12. The number of amides is 1. The molecule has 10 heteroatoms. The predicted molar refractivity (Wildman–Crippen MR) is 118 cm³/mol. The number of non-ortho nitro benzene ring substituents is 1. The number of rotatable bonds is 5. The van der Waals surface area contributed by atoms with Gasteiger partial charge in [0.2, 0.25) is 0 Å². The van der Waals surface area contributed by atoms with Gasteiger partial charge in [-0.2, -0.15) is 0 Å². The van der Waals surface area contributed by atoms with Crippen molar-refractivity contribution in [2.75, 3.05) is 18.1 Å². The zero-order chi connectivity index (χ0) is 22.1. The molecular formula is C22H16N4O5S. The molecule has 9 nitrogen and oxygen atoms in total. The highest BCUT2D eigenvalue weighted by Crippen LogP contribution is 2.39. The summed E-state index contributed by atoms with van der Waals surface area (Å²) in [6.07, 6.45) is 3.35. The third-order valence-electron chi connectivity index (χ3n) is 4.91. The van der Waals surface area contributed by atoms with Gasteiger partial charge in [0.1, 0.15) is 13.2 Å². The van der Waals surface area contributed by atoms with E-state index in [1.165, 1.54) is 35.6 Å². The molecule has 0 aliphatic carbocycles. The number of anilines is 1. The number of carbonyl (C=O) groups excluding carboxylic acids is 1. The van der Waals surface area contributed by atoms with Gasteiger partial charge in [0.15, 0.2) is 16.6 Å². The summed E-state index contributed by atoms with van der Waals surface area (Å²) in [7, 11) is 0. The molecule has 0 spiro atoms. The van der Waals surface area contributed by atoms with Crippen molar-refractivity contribution in [2.24, 2.45) is 0 Å². The zero-order valence-electron chi connectivity index (χ0n) is 16.6. The maximum absolute atomic E-state index is 13.4. The molecule has 5 rings (SSSR count). The van der Waals surface area contributed by atoms with Crippen LogP contribution < -0.4 is 14.4 Å². The van der Waals surface area contributed by atoms with Crippen LogP contribution in [0.15, 0.2) is 60.9 Å². The largest absolute Gasteiger partial charge is 0.486 e. The molecule has 4 aromatic rings. The molecule has 160 valence electrons. The average molecular weight is 448 g/mol. The molecule has 0 fully saturated rings. The summed E-state index contributed by atoms with van der Waals surface area (Å²) in [5, 5.41) is 11.5. The first kappa shape index (κ1) is 19.9. The first-order chi connectivity index (χ1) is 15.6. The Hall–Kier alpha value is -4.05. The van der Waals surface area contributed by atoms with E-state index in [1.807, 2.05) is 18.2 Å². The van der Waals surface area contributed by atoms with Crippen LogP contribution in [-0.4, -0.2) is 34.0 Å². The van der Waals surface area contributed by atoms with Crippen LogP contribution >= 0.6 is 11.3 Å². The Labute approximate surface area is 186 Å². The van der Waals surface area contributed by atoms with E-state index in [0.717, 1.165) is 10.3 Å². The lowest BCUT2D eigenvalue weighted by molar-refractivity contribution is -0.384. The van der Waals surface area contributed by atoms with E-state index < -0.39 is 4.92 Å². The van der Waals surface area contributed by atoms with E-state index in [-0.39, 0.29) is 18.1 Å². The number of nitro groups is 1. The molecular weight excluding hydrogens is 432 g/mol. The Balaban J connectivity index is 1.54. The molecule has 1 amide bonds. The maximum atomic E-state index is 13.4. The third kappa shape index (κ3) is 3.83. The first-order valence-electron chi connectivity index (χ1n) is 9.74. The third-order valence-corrected chi connectivity index (χ3v) is 5.95. The molecule has 0 saturated carbocycles. The second-order valence-electron chi connectivity index (χ2n) is 7.02. The van der Waals surface area contributed by atoms with Gasteiger partial charge < -0.3 is 9.47 Å². The maximum Gasteiger partial charge on any atom is 0.269 e. The smallest absolute Gasteiger partial charge is 0.269 e. The van der Waals surface area contributed by atoms with Crippen molar-refractivity contribution in [3.63, 3.8) is 0 Å². The summed E-state index contributed by atoms with van der Waals surface area (Å²) >= 11 is 1.36. The SMILES string of the molecule is O=C(c1ccc([N+](=O)[O-])cc1)N(Cc1cccnc1)c1nc2cc3c(cc2s1)OCCO3. The number of pyridine rings is 1. The van der Waals surface area contributed by atoms with Crippen LogP contribution in [0.5, 0.6) is 11.5 Å². The van der Waals surface area contributed by atoms with E-state index >= 15 is 0 Å². The molecule has 2 aromatic carbocycles. The average Bonchev–Trinajstić information content (AvgIpc) is 3.23. The lowest BCUT2D eigenvalue weighted by Crippen LogP contribution is -2.30. The highest BCUT2D eigenvalue weighted by atomic mass is 32.1. The highest BCUT2D eigenvalue weighted by molar-refractivity contribution is 7.22. The van der Waals surface area contributed by atoms with Gasteiger partial charge >= 0.3 is 0 Å². The number of thiazole rings is 1. The van der Waals surface area contributed by atoms with Crippen molar-refractivity contribution >= 4 is 38.3 Å².